The summed E-state index contributed by atoms with van der Waals surface area (Å²) in [6.07, 6.45) is 2.82. The van der Waals surface area contributed by atoms with Gasteiger partial charge in [0.2, 0.25) is 5.91 Å². The highest BCUT2D eigenvalue weighted by Gasteiger charge is 2.24. The van der Waals surface area contributed by atoms with E-state index in [1.165, 1.54) is 12.3 Å². The zero-order valence-corrected chi connectivity index (χ0v) is 10.5. The van der Waals surface area contributed by atoms with Crippen molar-refractivity contribution in [3.63, 3.8) is 0 Å². The Hall–Kier alpha value is -1.82. The number of hydrogen-bond donors (Lipinski definition) is 2. The van der Waals surface area contributed by atoms with Crippen molar-refractivity contribution in [2.45, 2.75) is 19.3 Å². The fourth-order valence-corrected chi connectivity index (χ4v) is 2.28. The summed E-state index contributed by atoms with van der Waals surface area (Å²) >= 11 is 0. The molecule has 2 rings (SSSR count). The van der Waals surface area contributed by atoms with Crippen LogP contribution in [0.2, 0.25) is 0 Å². The van der Waals surface area contributed by atoms with Crippen molar-refractivity contribution in [1.82, 2.24) is 4.90 Å². The van der Waals surface area contributed by atoms with Crippen molar-refractivity contribution in [1.29, 1.82) is 0 Å². The number of carboxylic acids is 1. The molecule has 0 atom stereocenters. The van der Waals surface area contributed by atoms with Crippen molar-refractivity contribution in [3.05, 3.63) is 23.7 Å². The summed E-state index contributed by atoms with van der Waals surface area (Å²) in [4.78, 5) is 24.7. The molecule has 1 aliphatic rings. The van der Waals surface area contributed by atoms with Crippen LogP contribution in [-0.4, -0.2) is 46.7 Å². The first-order valence-corrected chi connectivity index (χ1v) is 6.30. The summed E-state index contributed by atoms with van der Waals surface area (Å²) < 4.78 is 5.06. The third kappa shape index (κ3) is 3.14. The van der Waals surface area contributed by atoms with Gasteiger partial charge in [0, 0.05) is 19.7 Å². The summed E-state index contributed by atoms with van der Waals surface area (Å²) in [5.74, 6) is -0.756. The number of aromatic carboxylic acids is 1. The summed E-state index contributed by atoms with van der Waals surface area (Å²) in [5, 5.41) is 18.0. The fraction of sp³-hybridized carbons (Fsp3) is 0.538. The van der Waals surface area contributed by atoms with E-state index in [-0.39, 0.29) is 36.2 Å². The number of carbonyl (C=O) groups is 2. The monoisotopic (exact) mass is 267 g/mol. The Morgan fingerprint density at radius 3 is 2.63 bits per heavy atom. The molecule has 104 valence electrons. The molecule has 0 bridgehead atoms. The van der Waals surface area contributed by atoms with Crippen LogP contribution in [-0.2, 0) is 11.2 Å². The van der Waals surface area contributed by atoms with Crippen LogP contribution < -0.4 is 0 Å². The van der Waals surface area contributed by atoms with Crippen LogP contribution in [0.5, 0.6) is 0 Å². The number of aliphatic hydroxyl groups is 1. The van der Waals surface area contributed by atoms with E-state index in [0.717, 1.165) is 12.8 Å². The minimum atomic E-state index is -1.09. The zero-order chi connectivity index (χ0) is 13.8. The maximum absolute atomic E-state index is 12.0. The van der Waals surface area contributed by atoms with Crippen molar-refractivity contribution in [3.8, 4) is 0 Å². The highest BCUT2D eigenvalue weighted by molar-refractivity contribution is 5.90. The van der Waals surface area contributed by atoms with E-state index in [9.17, 15) is 9.59 Å². The van der Waals surface area contributed by atoms with Crippen molar-refractivity contribution in [2.75, 3.05) is 19.7 Å². The molecular weight excluding hydrogens is 250 g/mol. The molecule has 1 fully saturated rings. The van der Waals surface area contributed by atoms with Gasteiger partial charge in [-0.05, 0) is 24.8 Å². The summed E-state index contributed by atoms with van der Waals surface area (Å²) in [6.45, 7) is 1.36. The molecular formula is C13H17NO5. The second-order valence-corrected chi connectivity index (χ2v) is 4.75. The molecule has 0 spiro atoms. The van der Waals surface area contributed by atoms with Gasteiger partial charge in [-0.3, -0.25) is 4.79 Å². The number of nitrogens with zero attached hydrogens (tertiary/aromatic N) is 1. The molecule has 6 heteroatoms. The van der Waals surface area contributed by atoms with Gasteiger partial charge < -0.3 is 19.5 Å². The van der Waals surface area contributed by atoms with E-state index in [1.807, 2.05) is 0 Å². The Kier molecular flexibility index (Phi) is 4.21. The normalized spacial score (nSPS) is 16.6. The Labute approximate surface area is 110 Å². The van der Waals surface area contributed by atoms with Gasteiger partial charge in [-0.2, -0.15) is 0 Å². The van der Waals surface area contributed by atoms with Crippen LogP contribution in [0.15, 0.2) is 16.7 Å². The molecule has 0 unspecified atom stereocenters. The van der Waals surface area contributed by atoms with Crippen LogP contribution >= 0.6 is 0 Å². The minimum Gasteiger partial charge on any atom is -0.478 e. The van der Waals surface area contributed by atoms with Crippen molar-refractivity contribution >= 4 is 11.9 Å². The average Bonchev–Trinajstić information content (AvgIpc) is 2.87. The quantitative estimate of drug-likeness (QED) is 0.840. The van der Waals surface area contributed by atoms with E-state index < -0.39 is 5.97 Å². The number of carbonyl (C=O) groups excluding carboxylic acids is 1. The van der Waals surface area contributed by atoms with E-state index in [1.54, 1.807) is 4.90 Å². The topological polar surface area (TPSA) is 91.0 Å². The first-order valence-electron chi connectivity index (χ1n) is 6.30. The SMILES string of the molecule is O=C(O)c1ccoc1CC(=O)N1CCC(CO)CC1. The van der Waals surface area contributed by atoms with Crippen LogP contribution in [0.25, 0.3) is 0 Å². The highest BCUT2D eigenvalue weighted by Crippen LogP contribution is 2.18. The predicted molar refractivity (Wildman–Crippen MR) is 65.8 cm³/mol. The third-order valence-corrected chi connectivity index (χ3v) is 3.51. The fourth-order valence-electron chi connectivity index (χ4n) is 2.28. The van der Waals surface area contributed by atoms with Gasteiger partial charge in [0.25, 0.3) is 0 Å². The number of furan rings is 1. The maximum atomic E-state index is 12.0. The molecule has 6 nitrogen and oxygen atoms in total. The molecule has 0 aromatic carbocycles. The molecule has 0 aliphatic carbocycles. The largest absolute Gasteiger partial charge is 0.478 e. The van der Waals surface area contributed by atoms with Gasteiger partial charge in [-0.1, -0.05) is 0 Å². The molecule has 2 heterocycles. The number of likely N-dealkylation sites (tertiary alicyclic amines) is 1. The number of aliphatic hydroxyl groups excluding tert-OH is 1. The van der Waals surface area contributed by atoms with Crippen molar-refractivity contribution < 1.29 is 24.2 Å². The van der Waals surface area contributed by atoms with Gasteiger partial charge in [-0.15, -0.1) is 0 Å². The lowest BCUT2D eigenvalue weighted by Gasteiger charge is -2.31. The second kappa shape index (κ2) is 5.88. The van der Waals surface area contributed by atoms with Crippen LogP contribution in [0.4, 0.5) is 0 Å². The van der Waals surface area contributed by atoms with Gasteiger partial charge in [0.15, 0.2) is 0 Å². The number of rotatable bonds is 4. The number of hydrogen-bond acceptors (Lipinski definition) is 4. The van der Waals surface area contributed by atoms with E-state index in [2.05, 4.69) is 0 Å². The van der Waals surface area contributed by atoms with Gasteiger partial charge in [0.1, 0.15) is 11.3 Å². The van der Waals surface area contributed by atoms with Crippen LogP contribution in [0.3, 0.4) is 0 Å². The molecule has 1 amide bonds. The van der Waals surface area contributed by atoms with E-state index in [0.29, 0.717) is 13.1 Å². The second-order valence-electron chi connectivity index (χ2n) is 4.75. The van der Waals surface area contributed by atoms with Gasteiger partial charge in [0.05, 0.1) is 12.7 Å². The van der Waals surface area contributed by atoms with E-state index in [4.69, 9.17) is 14.6 Å². The van der Waals surface area contributed by atoms with Gasteiger partial charge >= 0.3 is 5.97 Å². The van der Waals surface area contributed by atoms with Crippen molar-refractivity contribution in [2.24, 2.45) is 5.92 Å². The Bertz CT molecular complexity index is 459. The molecule has 0 saturated carbocycles. The number of piperidine rings is 1. The lowest BCUT2D eigenvalue weighted by Crippen LogP contribution is -2.40. The molecule has 0 radical (unpaired) electrons. The summed E-state index contributed by atoms with van der Waals surface area (Å²) in [6, 6.07) is 1.35. The van der Waals surface area contributed by atoms with Crippen LogP contribution in [0.1, 0.15) is 29.0 Å². The Morgan fingerprint density at radius 2 is 2.05 bits per heavy atom. The number of amides is 1. The van der Waals surface area contributed by atoms with Crippen LogP contribution in [0, 0.1) is 5.92 Å². The lowest BCUT2D eigenvalue weighted by atomic mass is 9.97. The minimum absolute atomic E-state index is 0.0293. The Morgan fingerprint density at radius 1 is 1.37 bits per heavy atom. The third-order valence-electron chi connectivity index (χ3n) is 3.51. The summed E-state index contributed by atoms with van der Waals surface area (Å²) in [5.41, 5.74) is 0.0404. The average molecular weight is 267 g/mol. The molecule has 1 aliphatic heterocycles. The molecule has 1 aromatic heterocycles. The van der Waals surface area contributed by atoms with Gasteiger partial charge in [-0.25, -0.2) is 4.79 Å². The lowest BCUT2D eigenvalue weighted by molar-refractivity contribution is -0.132. The summed E-state index contributed by atoms with van der Waals surface area (Å²) in [7, 11) is 0. The van der Waals surface area contributed by atoms with E-state index >= 15 is 0 Å². The molecule has 1 aromatic rings. The smallest absolute Gasteiger partial charge is 0.339 e. The molecule has 2 N–H and O–H groups in total. The molecule has 1 saturated heterocycles. The zero-order valence-electron chi connectivity index (χ0n) is 10.5. The predicted octanol–water partition coefficient (Wildman–Crippen LogP) is 0.751. The Balaban J connectivity index is 1.94. The maximum Gasteiger partial charge on any atom is 0.339 e. The number of carboxylic acid groups (broad SMARTS) is 1. The molecule has 19 heavy (non-hydrogen) atoms. The first-order chi connectivity index (χ1) is 9.11. The highest BCUT2D eigenvalue weighted by atomic mass is 16.4. The first kappa shape index (κ1) is 13.6. The standard InChI is InChI=1S/C13H17NO5/c15-8-9-1-4-14(5-2-9)12(16)7-11-10(13(17)18)3-6-19-11/h3,6,9,15H,1-2,4-5,7-8H2,(H,17,18).